The van der Waals surface area contributed by atoms with Crippen LogP contribution in [0.3, 0.4) is 0 Å². The summed E-state index contributed by atoms with van der Waals surface area (Å²) in [5.41, 5.74) is 1.37. The summed E-state index contributed by atoms with van der Waals surface area (Å²) in [6, 6.07) is 8.82. The van der Waals surface area contributed by atoms with Crippen LogP contribution in [-0.2, 0) is 6.54 Å². The second-order valence-corrected chi connectivity index (χ2v) is 7.91. The summed E-state index contributed by atoms with van der Waals surface area (Å²) in [4.78, 5) is 13.7. The van der Waals surface area contributed by atoms with Gasteiger partial charge in [0.15, 0.2) is 0 Å². The summed E-state index contributed by atoms with van der Waals surface area (Å²) in [7, 11) is 1.70. The van der Waals surface area contributed by atoms with Crippen molar-refractivity contribution in [2.45, 2.75) is 57.5 Å². The number of likely N-dealkylation sites (tertiary alicyclic amines) is 1. The molecule has 1 aliphatic carbocycles. The number of carbonyl (C=O) groups excluding carboxylic acids is 1. The molecule has 1 heterocycles. The third-order valence-corrected chi connectivity index (χ3v) is 5.92. The van der Waals surface area contributed by atoms with Gasteiger partial charge in [-0.1, -0.05) is 19.3 Å². The number of piperidine rings is 1. The lowest BCUT2D eigenvalue weighted by Crippen LogP contribution is -3.11. The lowest BCUT2D eigenvalue weighted by molar-refractivity contribution is -0.919. The number of amides is 2. The van der Waals surface area contributed by atoms with E-state index in [2.05, 4.69) is 22.8 Å². The van der Waals surface area contributed by atoms with Crippen molar-refractivity contribution in [2.75, 3.05) is 26.7 Å². The quantitative estimate of drug-likeness (QED) is 0.728. The van der Waals surface area contributed by atoms with Gasteiger partial charge in [-0.3, -0.25) is 0 Å². The average molecular weight is 361 g/mol. The second kappa shape index (κ2) is 9.81. The zero-order valence-corrected chi connectivity index (χ0v) is 16.1. The van der Waals surface area contributed by atoms with E-state index in [0.29, 0.717) is 12.0 Å². The molecule has 0 bridgehead atoms. The Morgan fingerprint density at radius 1 is 1.08 bits per heavy atom. The fourth-order valence-corrected chi connectivity index (χ4v) is 4.22. The first kappa shape index (κ1) is 19.0. The van der Waals surface area contributed by atoms with Crippen LogP contribution in [0, 0.1) is 5.92 Å². The minimum atomic E-state index is 0.0323. The Morgan fingerprint density at radius 3 is 2.42 bits per heavy atom. The van der Waals surface area contributed by atoms with E-state index in [9.17, 15) is 4.79 Å². The fraction of sp³-hybridized carbons (Fsp3) is 0.667. The Hall–Kier alpha value is -1.75. The standard InChI is InChI=1S/C21H33N3O2/c1-26-20-9-7-18(8-10-20)16-24-13-11-17(12-14-24)15-22-21(25)23-19-5-3-2-4-6-19/h7-10,17,19H,2-6,11-16H2,1H3,(H2,22,23,25)/p+1. The molecule has 0 unspecified atom stereocenters. The van der Waals surface area contributed by atoms with Crippen molar-refractivity contribution in [1.29, 1.82) is 0 Å². The maximum atomic E-state index is 12.1. The van der Waals surface area contributed by atoms with Crippen LogP contribution < -0.4 is 20.3 Å². The topological polar surface area (TPSA) is 54.8 Å². The van der Waals surface area contributed by atoms with E-state index < -0.39 is 0 Å². The maximum absolute atomic E-state index is 12.1. The smallest absolute Gasteiger partial charge is 0.315 e. The number of rotatable bonds is 6. The predicted molar refractivity (Wildman–Crippen MR) is 104 cm³/mol. The first-order chi connectivity index (χ1) is 12.7. The number of ether oxygens (including phenoxy) is 1. The molecule has 1 aromatic carbocycles. The minimum Gasteiger partial charge on any atom is -0.497 e. The summed E-state index contributed by atoms with van der Waals surface area (Å²) < 4.78 is 5.22. The van der Waals surface area contributed by atoms with Gasteiger partial charge in [0.2, 0.25) is 0 Å². The molecule has 2 amide bonds. The van der Waals surface area contributed by atoms with Gasteiger partial charge in [-0.2, -0.15) is 0 Å². The molecule has 26 heavy (non-hydrogen) atoms. The molecule has 5 heteroatoms. The SMILES string of the molecule is COc1ccc(C[NH+]2CCC(CNC(=O)NC3CCCCC3)CC2)cc1. The highest BCUT2D eigenvalue weighted by Gasteiger charge is 2.23. The molecular formula is C21H34N3O2+. The molecule has 0 aromatic heterocycles. The van der Waals surface area contributed by atoms with Crippen LogP contribution in [0.15, 0.2) is 24.3 Å². The van der Waals surface area contributed by atoms with Crippen LogP contribution in [0.5, 0.6) is 5.75 Å². The van der Waals surface area contributed by atoms with Crippen molar-refractivity contribution >= 4 is 6.03 Å². The van der Waals surface area contributed by atoms with E-state index in [-0.39, 0.29) is 6.03 Å². The lowest BCUT2D eigenvalue weighted by atomic mass is 9.95. The number of nitrogens with one attached hydrogen (secondary N) is 3. The Labute approximate surface area is 157 Å². The number of urea groups is 1. The maximum Gasteiger partial charge on any atom is 0.315 e. The van der Waals surface area contributed by atoms with Crippen molar-refractivity contribution in [3.63, 3.8) is 0 Å². The normalized spacial score (nSPS) is 24.0. The first-order valence-electron chi connectivity index (χ1n) is 10.2. The van der Waals surface area contributed by atoms with Gasteiger partial charge < -0.3 is 20.3 Å². The zero-order valence-electron chi connectivity index (χ0n) is 16.1. The third kappa shape index (κ3) is 5.90. The van der Waals surface area contributed by atoms with Gasteiger partial charge in [0, 0.05) is 31.0 Å². The molecule has 1 saturated heterocycles. The van der Waals surface area contributed by atoms with Gasteiger partial charge >= 0.3 is 6.03 Å². The molecule has 0 atom stereocenters. The summed E-state index contributed by atoms with van der Waals surface area (Å²) in [5.74, 6) is 1.53. The molecule has 3 rings (SSSR count). The molecule has 0 radical (unpaired) electrons. The van der Waals surface area contributed by atoms with Crippen molar-refractivity contribution in [2.24, 2.45) is 5.92 Å². The molecular weight excluding hydrogens is 326 g/mol. The van der Waals surface area contributed by atoms with Crippen LogP contribution in [-0.4, -0.2) is 38.8 Å². The summed E-state index contributed by atoms with van der Waals surface area (Å²) in [6.45, 7) is 4.26. The van der Waals surface area contributed by atoms with E-state index in [0.717, 1.165) is 31.7 Å². The van der Waals surface area contributed by atoms with Crippen molar-refractivity contribution in [3.8, 4) is 5.75 Å². The van der Waals surface area contributed by atoms with Gasteiger partial charge in [-0.05, 0) is 43.0 Å². The second-order valence-electron chi connectivity index (χ2n) is 7.91. The highest BCUT2D eigenvalue weighted by molar-refractivity contribution is 5.74. The largest absolute Gasteiger partial charge is 0.497 e. The highest BCUT2D eigenvalue weighted by Crippen LogP contribution is 2.17. The number of quaternary nitrogens is 1. The predicted octanol–water partition coefficient (Wildman–Crippen LogP) is 2.12. The molecule has 2 fully saturated rings. The highest BCUT2D eigenvalue weighted by atomic mass is 16.5. The van der Waals surface area contributed by atoms with Crippen molar-refractivity contribution < 1.29 is 14.4 Å². The van der Waals surface area contributed by atoms with Crippen molar-refractivity contribution in [1.82, 2.24) is 10.6 Å². The Balaban J connectivity index is 1.32. The van der Waals surface area contributed by atoms with Crippen LogP contribution >= 0.6 is 0 Å². The van der Waals surface area contributed by atoms with Crippen LogP contribution in [0.1, 0.15) is 50.5 Å². The summed E-state index contributed by atoms with van der Waals surface area (Å²) >= 11 is 0. The number of methoxy groups -OCH3 is 1. The molecule has 2 aliphatic rings. The molecule has 1 saturated carbocycles. The Bertz CT molecular complexity index is 547. The fourth-order valence-electron chi connectivity index (χ4n) is 4.22. The monoisotopic (exact) mass is 360 g/mol. The summed E-state index contributed by atoms with van der Waals surface area (Å²) in [6.07, 6.45) is 8.48. The van der Waals surface area contributed by atoms with Gasteiger partial charge in [-0.15, -0.1) is 0 Å². The van der Waals surface area contributed by atoms with Gasteiger partial charge in [0.25, 0.3) is 0 Å². The minimum absolute atomic E-state index is 0.0323. The average Bonchev–Trinajstić information content (AvgIpc) is 2.69. The molecule has 5 nitrogen and oxygen atoms in total. The Kier molecular flexibility index (Phi) is 7.18. The van der Waals surface area contributed by atoms with Crippen LogP contribution in [0.25, 0.3) is 0 Å². The molecule has 0 spiro atoms. The third-order valence-electron chi connectivity index (χ3n) is 5.92. The zero-order chi connectivity index (χ0) is 18.2. The molecule has 1 aromatic rings. The number of carbonyl (C=O) groups is 1. The van der Waals surface area contributed by atoms with E-state index in [4.69, 9.17) is 4.74 Å². The van der Waals surface area contributed by atoms with E-state index in [1.807, 2.05) is 12.1 Å². The summed E-state index contributed by atoms with van der Waals surface area (Å²) in [5, 5.41) is 6.25. The van der Waals surface area contributed by atoms with Gasteiger partial charge in [-0.25, -0.2) is 4.79 Å². The van der Waals surface area contributed by atoms with E-state index in [1.165, 1.54) is 50.8 Å². The van der Waals surface area contributed by atoms with Gasteiger partial charge in [0.05, 0.1) is 20.2 Å². The molecule has 3 N–H and O–H groups in total. The number of benzene rings is 1. The van der Waals surface area contributed by atoms with Crippen LogP contribution in [0.4, 0.5) is 4.79 Å². The number of hydrogen-bond acceptors (Lipinski definition) is 2. The van der Waals surface area contributed by atoms with E-state index in [1.54, 1.807) is 12.0 Å². The van der Waals surface area contributed by atoms with Gasteiger partial charge in [0.1, 0.15) is 12.3 Å². The number of hydrogen-bond donors (Lipinski definition) is 3. The molecule has 1 aliphatic heterocycles. The van der Waals surface area contributed by atoms with Crippen LogP contribution in [0.2, 0.25) is 0 Å². The van der Waals surface area contributed by atoms with E-state index >= 15 is 0 Å². The Morgan fingerprint density at radius 2 is 1.77 bits per heavy atom. The van der Waals surface area contributed by atoms with Crippen molar-refractivity contribution in [3.05, 3.63) is 29.8 Å². The first-order valence-corrected chi connectivity index (χ1v) is 10.2. The lowest BCUT2D eigenvalue weighted by Gasteiger charge is -2.30. The molecule has 144 valence electrons.